The van der Waals surface area contributed by atoms with Gasteiger partial charge in [-0.15, -0.1) is 24.0 Å². The molecule has 5 nitrogen and oxygen atoms in total. The van der Waals surface area contributed by atoms with Gasteiger partial charge in [-0.2, -0.15) is 5.10 Å². The summed E-state index contributed by atoms with van der Waals surface area (Å²) in [4.78, 5) is 4.32. The molecule has 7 heteroatoms. The Morgan fingerprint density at radius 3 is 2.50 bits per heavy atom. The molecule has 0 aliphatic carbocycles. The number of guanidine groups is 1. The Balaban J connectivity index is 0.00000243. The van der Waals surface area contributed by atoms with Crippen LogP contribution in [0.2, 0.25) is 0 Å². The van der Waals surface area contributed by atoms with Crippen LogP contribution in [0.4, 0.5) is 10.1 Å². The van der Waals surface area contributed by atoms with Crippen molar-refractivity contribution in [3.05, 3.63) is 77.9 Å². The van der Waals surface area contributed by atoms with Crippen molar-refractivity contribution < 1.29 is 4.39 Å². The van der Waals surface area contributed by atoms with Gasteiger partial charge in [-0.1, -0.05) is 17.7 Å². The highest BCUT2D eigenvalue weighted by Crippen LogP contribution is 2.10. The zero-order chi connectivity index (χ0) is 17.6. The van der Waals surface area contributed by atoms with Crippen LogP contribution < -0.4 is 11.1 Å². The highest BCUT2D eigenvalue weighted by atomic mass is 127. The lowest BCUT2D eigenvalue weighted by molar-refractivity contribution is 0.627. The summed E-state index contributed by atoms with van der Waals surface area (Å²) in [5.41, 5.74) is 9.71. The van der Waals surface area contributed by atoms with Crippen LogP contribution in [0.15, 0.2) is 65.8 Å². The molecule has 136 valence electrons. The normalized spacial score (nSPS) is 11.1. The fourth-order valence-electron chi connectivity index (χ4n) is 2.35. The van der Waals surface area contributed by atoms with Gasteiger partial charge in [-0.3, -0.25) is 4.99 Å². The number of benzene rings is 2. The van der Waals surface area contributed by atoms with E-state index in [0.29, 0.717) is 18.9 Å². The molecular weight excluding hydrogens is 444 g/mol. The summed E-state index contributed by atoms with van der Waals surface area (Å²) in [6.07, 6.45) is 2.52. The molecule has 1 aromatic heterocycles. The second-order valence-electron chi connectivity index (χ2n) is 5.74. The number of nitrogens with one attached hydrogen (secondary N) is 1. The molecule has 0 fully saturated rings. The SMILES string of the molecule is Cc1ccc(NC(N)=NCCc2ccn(-c3ccc(F)cc3)n2)cc1.I. The van der Waals surface area contributed by atoms with Crippen molar-refractivity contribution in [2.24, 2.45) is 10.7 Å². The minimum absolute atomic E-state index is 0. The maximum Gasteiger partial charge on any atom is 0.193 e. The van der Waals surface area contributed by atoms with Crippen LogP contribution in [0, 0.1) is 12.7 Å². The van der Waals surface area contributed by atoms with Crippen molar-refractivity contribution >= 4 is 35.6 Å². The highest BCUT2D eigenvalue weighted by molar-refractivity contribution is 14.0. The van der Waals surface area contributed by atoms with E-state index < -0.39 is 0 Å². The molecule has 0 saturated heterocycles. The Morgan fingerprint density at radius 2 is 1.81 bits per heavy atom. The molecule has 0 unspecified atom stereocenters. The number of aryl methyl sites for hydroxylation is 1. The lowest BCUT2D eigenvalue weighted by Crippen LogP contribution is -2.23. The fraction of sp³-hybridized carbons (Fsp3) is 0.158. The minimum atomic E-state index is -0.262. The summed E-state index contributed by atoms with van der Waals surface area (Å²) in [5, 5.41) is 7.52. The lowest BCUT2D eigenvalue weighted by atomic mass is 10.2. The first-order chi connectivity index (χ1) is 12.1. The summed E-state index contributed by atoms with van der Waals surface area (Å²) in [7, 11) is 0. The van der Waals surface area contributed by atoms with Crippen molar-refractivity contribution in [1.82, 2.24) is 9.78 Å². The van der Waals surface area contributed by atoms with Crippen molar-refractivity contribution in [2.75, 3.05) is 11.9 Å². The number of anilines is 1. The van der Waals surface area contributed by atoms with Crippen molar-refractivity contribution in [3.63, 3.8) is 0 Å². The number of nitrogens with two attached hydrogens (primary N) is 1. The van der Waals surface area contributed by atoms with E-state index in [1.165, 1.54) is 17.7 Å². The third kappa shape index (κ3) is 5.55. The topological polar surface area (TPSA) is 68.2 Å². The van der Waals surface area contributed by atoms with Gasteiger partial charge in [0.2, 0.25) is 0 Å². The Hall–Kier alpha value is -2.42. The van der Waals surface area contributed by atoms with Crippen LogP contribution in [-0.4, -0.2) is 22.3 Å². The largest absolute Gasteiger partial charge is 0.370 e. The predicted octanol–water partition coefficient (Wildman–Crippen LogP) is 3.91. The summed E-state index contributed by atoms with van der Waals surface area (Å²) in [6.45, 7) is 2.57. The summed E-state index contributed by atoms with van der Waals surface area (Å²) in [6, 6.07) is 16.1. The van der Waals surface area contributed by atoms with Gasteiger partial charge in [0.1, 0.15) is 5.82 Å². The molecule has 0 aliphatic rings. The van der Waals surface area contributed by atoms with E-state index in [1.54, 1.807) is 16.8 Å². The fourth-order valence-corrected chi connectivity index (χ4v) is 2.35. The van der Waals surface area contributed by atoms with Gasteiger partial charge < -0.3 is 11.1 Å². The number of nitrogens with zero attached hydrogens (tertiary/aromatic N) is 3. The van der Waals surface area contributed by atoms with Crippen molar-refractivity contribution in [1.29, 1.82) is 0 Å². The van der Waals surface area contributed by atoms with E-state index in [-0.39, 0.29) is 29.8 Å². The molecule has 26 heavy (non-hydrogen) atoms. The first-order valence-corrected chi connectivity index (χ1v) is 8.04. The predicted molar refractivity (Wildman–Crippen MR) is 114 cm³/mol. The zero-order valence-corrected chi connectivity index (χ0v) is 16.7. The summed E-state index contributed by atoms with van der Waals surface area (Å²) < 4.78 is 14.7. The van der Waals surface area contributed by atoms with Crippen LogP contribution >= 0.6 is 24.0 Å². The third-order valence-corrected chi connectivity index (χ3v) is 3.71. The van der Waals surface area contributed by atoms with Crippen molar-refractivity contribution in [2.45, 2.75) is 13.3 Å². The maximum absolute atomic E-state index is 13.0. The number of hydrogen-bond donors (Lipinski definition) is 2. The number of aromatic nitrogens is 2. The van der Waals surface area contributed by atoms with E-state index >= 15 is 0 Å². The first kappa shape index (κ1) is 19.9. The Bertz CT molecular complexity index is 856. The number of halogens is 2. The quantitative estimate of drug-likeness (QED) is 0.341. The van der Waals surface area contributed by atoms with Gasteiger partial charge in [0, 0.05) is 24.8 Å². The zero-order valence-electron chi connectivity index (χ0n) is 14.4. The van der Waals surface area contributed by atoms with E-state index in [0.717, 1.165) is 17.1 Å². The molecule has 0 aliphatic heterocycles. The summed E-state index contributed by atoms with van der Waals surface area (Å²) >= 11 is 0. The molecule has 0 radical (unpaired) electrons. The molecular formula is C19H21FIN5. The highest BCUT2D eigenvalue weighted by Gasteiger charge is 2.02. The van der Waals surface area contributed by atoms with Gasteiger partial charge in [0.15, 0.2) is 5.96 Å². The molecule has 3 rings (SSSR count). The van der Waals surface area contributed by atoms with E-state index in [2.05, 4.69) is 15.4 Å². The van der Waals surface area contributed by atoms with E-state index in [1.807, 2.05) is 43.5 Å². The number of rotatable bonds is 5. The average Bonchev–Trinajstić information content (AvgIpc) is 3.06. The second-order valence-corrected chi connectivity index (χ2v) is 5.74. The number of hydrogen-bond acceptors (Lipinski definition) is 2. The van der Waals surface area contributed by atoms with Crippen LogP contribution in [-0.2, 0) is 6.42 Å². The van der Waals surface area contributed by atoms with Gasteiger partial charge >= 0.3 is 0 Å². The van der Waals surface area contributed by atoms with Crippen LogP contribution in [0.1, 0.15) is 11.3 Å². The molecule has 0 atom stereocenters. The molecule has 0 spiro atoms. The standard InChI is InChI=1S/C19H20FN5.HI/c1-14-2-6-16(7-3-14)23-19(21)22-12-10-17-11-13-25(24-17)18-8-4-15(20)5-9-18;/h2-9,11,13H,10,12H2,1H3,(H3,21,22,23);1H. The number of aliphatic imine (C=N–C) groups is 1. The Kier molecular flexibility index (Phi) is 7.14. The van der Waals surface area contributed by atoms with E-state index in [4.69, 9.17) is 5.73 Å². The molecule has 0 amide bonds. The molecule has 3 N–H and O–H groups in total. The average molecular weight is 465 g/mol. The lowest BCUT2D eigenvalue weighted by Gasteiger charge is -2.05. The second kappa shape index (κ2) is 9.33. The van der Waals surface area contributed by atoms with Crippen LogP contribution in [0.3, 0.4) is 0 Å². The molecule has 0 saturated carbocycles. The molecule has 2 aromatic carbocycles. The van der Waals surface area contributed by atoms with Gasteiger partial charge in [0.25, 0.3) is 0 Å². The molecule has 3 aromatic rings. The Morgan fingerprint density at radius 1 is 1.12 bits per heavy atom. The van der Waals surface area contributed by atoms with Crippen LogP contribution in [0.5, 0.6) is 0 Å². The van der Waals surface area contributed by atoms with E-state index in [9.17, 15) is 4.39 Å². The van der Waals surface area contributed by atoms with Gasteiger partial charge in [-0.25, -0.2) is 9.07 Å². The monoisotopic (exact) mass is 465 g/mol. The molecule has 0 bridgehead atoms. The first-order valence-electron chi connectivity index (χ1n) is 8.04. The van der Waals surface area contributed by atoms with Gasteiger partial charge in [0.05, 0.1) is 11.4 Å². The Labute approximate surface area is 169 Å². The third-order valence-electron chi connectivity index (χ3n) is 3.71. The summed E-state index contributed by atoms with van der Waals surface area (Å²) in [5.74, 6) is 0.115. The van der Waals surface area contributed by atoms with Crippen LogP contribution in [0.25, 0.3) is 5.69 Å². The minimum Gasteiger partial charge on any atom is -0.370 e. The van der Waals surface area contributed by atoms with Gasteiger partial charge in [-0.05, 0) is 49.4 Å². The molecule has 1 heterocycles. The van der Waals surface area contributed by atoms with Crippen molar-refractivity contribution in [3.8, 4) is 5.69 Å². The smallest absolute Gasteiger partial charge is 0.193 e. The maximum atomic E-state index is 13.0.